The lowest BCUT2D eigenvalue weighted by molar-refractivity contribution is -0.138. The first-order chi connectivity index (χ1) is 6.29. The molecule has 0 aliphatic carbocycles. The van der Waals surface area contributed by atoms with E-state index in [0.29, 0.717) is 6.61 Å². The third-order valence-corrected chi connectivity index (χ3v) is 1.57. The molecule has 0 heterocycles. The Morgan fingerprint density at radius 1 is 1.31 bits per heavy atom. The van der Waals surface area contributed by atoms with Crippen molar-refractivity contribution in [2.75, 3.05) is 6.61 Å². The molecule has 3 heteroatoms. The molecular weight excluding hydrogens is 168 g/mol. The summed E-state index contributed by atoms with van der Waals surface area (Å²) in [5, 5.41) is 8.33. The number of rotatable bonds is 5. The zero-order chi connectivity index (χ0) is 9.52. The number of benzene rings is 1. The van der Waals surface area contributed by atoms with E-state index in [9.17, 15) is 4.79 Å². The van der Waals surface area contributed by atoms with Gasteiger partial charge in [0.05, 0.1) is 19.6 Å². The summed E-state index contributed by atoms with van der Waals surface area (Å²) < 4.78 is 5.15. The van der Waals surface area contributed by atoms with E-state index in [2.05, 4.69) is 0 Å². The number of carbonyl (C=O) groups is 1. The van der Waals surface area contributed by atoms with Gasteiger partial charge < -0.3 is 9.84 Å². The molecule has 0 saturated carbocycles. The lowest BCUT2D eigenvalue weighted by Gasteiger charge is -2.01. The van der Waals surface area contributed by atoms with Gasteiger partial charge in [0.15, 0.2) is 0 Å². The van der Waals surface area contributed by atoms with Crippen LogP contribution in [0, 0.1) is 0 Å². The number of ether oxygens (including phenoxy) is 1. The summed E-state index contributed by atoms with van der Waals surface area (Å²) in [6.45, 7) is 0.748. The molecule has 13 heavy (non-hydrogen) atoms. The molecule has 0 atom stereocenters. The molecule has 1 rings (SSSR count). The van der Waals surface area contributed by atoms with Gasteiger partial charge in [0.2, 0.25) is 0 Å². The second-order valence-electron chi connectivity index (χ2n) is 2.68. The van der Waals surface area contributed by atoms with Gasteiger partial charge in [-0.25, -0.2) is 0 Å². The zero-order valence-corrected chi connectivity index (χ0v) is 7.27. The minimum Gasteiger partial charge on any atom is -0.481 e. The molecule has 0 bridgehead atoms. The summed E-state index contributed by atoms with van der Waals surface area (Å²) in [4.78, 5) is 10.1. The Morgan fingerprint density at radius 2 is 2.00 bits per heavy atom. The molecule has 3 nitrogen and oxygen atoms in total. The molecule has 1 N–H and O–H groups in total. The lowest BCUT2D eigenvalue weighted by Crippen LogP contribution is -2.02. The van der Waals surface area contributed by atoms with E-state index in [1.165, 1.54) is 0 Å². The van der Waals surface area contributed by atoms with E-state index in [-0.39, 0.29) is 13.0 Å². The second-order valence-corrected chi connectivity index (χ2v) is 2.68. The zero-order valence-electron chi connectivity index (χ0n) is 7.27. The van der Waals surface area contributed by atoms with Gasteiger partial charge in [-0.2, -0.15) is 0 Å². The Balaban J connectivity index is 2.17. The highest BCUT2D eigenvalue weighted by Crippen LogP contribution is 2.00. The summed E-state index contributed by atoms with van der Waals surface area (Å²) in [7, 11) is 0. The highest BCUT2D eigenvalue weighted by molar-refractivity contribution is 5.66. The molecule has 0 spiro atoms. The molecule has 0 amide bonds. The van der Waals surface area contributed by atoms with Crippen LogP contribution in [0.3, 0.4) is 0 Å². The third kappa shape index (κ3) is 4.28. The maximum Gasteiger partial charge on any atom is 0.305 e. The highest BCUT2D eigenvalue weighted by Gasteiger charge is 1.96. The van der Waals surface area contributed by atoms with Crippen molar-refractivity contribution in [2.24, 2.45) is 0 Å². The van der Waals surface area contributed by atoms with Crippen LogP contribution in [-0.2, 0) is 16.1 Å². The van der Waals surface area contributed by atoms with Gasteiger partial charge in [0, 0.05) is 0 Å². The molecule has 0 radical (unpaired) electrons. The molecule has 0 fully saturated rings. The fourth-order valence-corrected chi connectivity index (χ4v) is 0.924. The van der Waals surface area contributed by atoms with Crippen molar-refractivity contribution in [2.45, 2.75) is 13.0 Å². The van der Waals surface area contributed by atoms with Crippen LogP contribution in [0.5, 0.6) is 0 Å². The highest BCUT2D eigenvalue weighted by atomic mass is 16.5. The molecule has 1 aromatic rings. The van der Waals surface area contributed by atoms with Crippen LogP contribution in [0.1, 0.15) is 12.0 Å². The van der Waals surface area contributed by atoms with E-state index in [4.69, 9.17) is 9.84 Å². The van der Waals surface area contributed by atoms with Crippen molar-refractivity contribution >= 4 is 5.97 Å². The first-order valence-electron chi connectivity index (χ1n) is 4.12. The number of carboxylic acid groups (broad SMARTS) is 1. The van der Waals surface area contributed by atoms with Crippen LogP contribution in [0.25, 0.3) is 0 Å². The molecule has 0 aliphatic heterocycles. The topological polar surface area (TPSA) is 46.5 Å². The fraction of sp³-hybridized carbons (Fsp3) is 0.300. The Kier molecular flexibility index (Phi) is 3.99. The number of hydrogen-bond acceptors (Lipinski definition) is 2. The van der Waals surface area contributed by atoms with E-state index in [1.54, 1.807) is 0 Å². The predicted molar refractivity (Wildman–Crippen MR) is 48.4 cm³/mol. The normalized spacial score (nSPS) is 9.85. The van der Waals surface area contributed by atoms with Gasteiger partial charge in [0.25, 0.3) is 0 Å². The van der Waals surface area contributed by atoms with Gasteiger partial charge in [-0.1, -0.05) is 30.3 Å². The standard InChI is InChI=1S/C10H12O3/c11-10(12)6-7-13-8-9-4-2-1-3-5-9/h1-5H,6-8H2,(H,11,12). The monoisotopic (exact) mass is 180 g/mol. The van der Waals surface area contributed by atoms with Crippen molar-refractivity contribution in [3.05, 3.63) is 35.9 Å². The molecule has 0 aromatic heterocycles. The Labute approximate surface area is 77.0 Å². The average Bonchev–Trinajstić information content (AvgIpc) is 2.14. The molecule has 1 aromatic carbocycles. The third-order valence-electron chi connectivity index (χ3n) is 1.57. The molecule has 0 unspecified atom stereocenters. The van der Waals surface area contributed by atoms with Gasteiger partial charge in [-0.3, -0.25) is 4.79 Å². The van der Waals surface area contributed by atoms with Gasteiger partial charge >= 0.3 is 5.97 Å². The van der Waals surface area contributed by atoms with Crippen molar-refractivity contribution < 1.29 is 14.6 Å². The maximum atomic E-state index is 10.1. The Bertz CT molecular complexity index is 256. The van der Waals surface area contributed by atoms with Crippen molar-refractivity contribution in [1.29, 1.82) is 0 Å². The fourth-order valence-electron chi connectivity index (χ4n) is 0.924. The average molecular weight is 180 g/mol. The lowest BCUT2D eigenvalue weighted by atomic mass is 10.2. The summed E-state index contributed by atoms with van der Waals surface area (Å²) in [6, 6.07) is 9.67. The number of carboxylic acids is 1. The van der Waals surface area contributed by atoms with Crippen LogP contribution in [0.4, 0.5) is 0 Å². The van der Waals surface area contributed by atoms with Gasteiger partial charge in [0.1, 0.15) is 0 Å². The summed E-state index contributed by atoms with van der Waals surface area (Å²) in [6.07, 6.45) is 0.0623. The minimum atomic E-state index is -0.826. The molecule has 0 aliphatic rings. The van der Waals surface area contributed by atoms with Crippen LogP contribution < -0.4 is 0 Å². The van der Waals surface area contributed by atoms with Crippen LogP contribution in [0.2, 0.25) is 0 Å². The Hall–Kier alpha value is -1.35. The van der Waals surface area contributed by atoms with Crippen molar-refractivity contribution in [3.8, 4) is 0 Å². The Morgan fingerprint density at radius 3 is 2.62 bits per heavy atom. The molecule has 70 valence electrons. The smallest absolute Gasteiger partial charge is 0.305 e. The first-order valence-corrected chi connectivity index (χ1v) is 4.12. The van der Waals surface area contributed by atoms with Crippen LogP contribution in [-0.4, -0.2) is 17.7 Å². The number of hydrogen-bond donors (Lipinski definition) is 1. The van der Waals surface area contributed by atoms with Crippen molar-refractivity contribution in [1.82, 2.24) is 0 Å². The maximum absolute atomic E-state index is 10.1. The van der Waals surface area contributed by atoms with Gasteiger partial charge in [-0.05, 0) is 5.56 Å². The SMILES string of the molecule is O=C(O)CCOCc1ccccc1. The largest absolute Gasteiger partial charge is 0.481 e. The quantitative estimate of drug-likeness (QED) is 0.701. The van der Waals surface area contributed by atoms with Crippen LogP contribution >= 0.6 is 0 Å². The van der Waals surface area contributed by atoms with E-state index in [0.717, 1.165) is 5.56 Å². The molecular formula is C10H12O3. The van der Waals surface area contributed by atoms with E-state index >= 15 is 0 Å². The van der Waals surface area contributed by atoms with Gasteiger partial charge in [-0.15, -0.1) is 0 Å². The minimum absolute atomic E-state index is 0.0623. The van der Waals surface area contributed by atoms with Crippen molar-refractivity contribution in [3.63, 3.8) is 0 Å². The van der Waals surface area contributed by atoms with Crippen LogP contribution in [0.15, 0.2) is 30.3 Å². The number of aliphatic carboxylic acids is 1. The molecule has 0 saturated heterocycles. The second kappa shape index (κ2) is 5.32. The summed E-state index contributed by atoms with van der Waals surface area (Å²) in [5.74, 6) is -0.826. The summed E-state index contributed by atoms with van der Waals surface area (Å²) >= 11 is 0. The van der Waals surface area contributed by atoms with E-state index < -0.39 is 5.97 Å². The predicted octanol–water partition coefficient (Wildman–Crippen LogP) is 1.68. The summed E-state index contributed by atoms with van der Waals surface area (Å²) in [5.41, 5.74) is 1.06. The first kappa shape index (κ1) is 9.74. The van der Waals surface area contributed by atoms with E-state index in [1.807, 2.05) is 30.3 Å².